The summed E-state index contributed by atoms with van der Waals surface area (Å²) in [4.78, 5) is 0. The number of halogens is 2. The van der Waals surface area contributed by atoms with Gasteiger partial charge in [-0.25, -0.2) is 0 Å². The Morgan fingerprint density at radius 2 is 1.82 bits per heavy atom. The van der Waals surface area contributed by atoms with Crippen LogP contribution in [0.5, 0.6) is 5.75 Å². The van der Waals surface area contributed by atoms with E-state index >= 15 is 0 Å². The summed E-state index contributed by atoms with van der Waals surface area (Å²) in [5.74, 6) is 0.853. The molecule has 0 amide bonds. The van der Waals surface area contributed by atoms with Crippen LogP contribution < -0.4 is 15.4 Å². The molecule has 0 spiro atoms. The predicted octanol–water partition coefficient (Wildman–Crippen LogP) is 4.88. The van der Waals surface area contributed by atoms with Gasteiger partial charge in [-0.05, 0) is 43.4 Å². The number of rotatable bonds is 5. The van der Waals surface area contributed by atoms with E-state index in [1.165, 1.54) is 0 Å². The van der Waals surface area contributed by atoms with Crippen LogP contribution in [-0.2, 0) is 6.54 Å². The fraction of sp³-hybridized carbons (Fsp3) is 0.188. The van der Waals surface area contributed by atoms with E-state index in [1.807, 2.05) is 31.2 Å². The van der Waals surface area contributed by atoms with Gasteiger partial charge in [0, 0.05) is 27.8 Å². The Bertz CT molecular complexity index is 644. The first-order valence-electron chi connectivity index (χ1n) is 6.80. The van der Waals surface area contributed by atoms with Crippen molar-refractivity contribution in [2.45, 2.75) is 13.5 Å². The number of benzene rings is 2. The Morgan fingerprint density at radius 1 is 1.14 bits per heavy atom. The molecule has 6 heteroatoms. The molecule has 0 aliphatic rings. The topological polar surface area (TPSA) is 33.3 Å². The van der Waals surface area contributed by atoms with Crippen LogP contribution in [0.4, 0.5) is 5.69 Å². The van der Waals surface area contributed by atoms with Crippen molar-refractivity contribution < 1.29 is 4.74 Å². The van der Waals surface area contributed by atoms with Gasteiger partial charge in [0.2, 0.25) is 0 Å². The van der Waals surface area contributed by atoms with Gasteiger partial charge in [-0.15, -0.1) is 0 Å². The molecule has 0 bridgehead atoms. The maximum absolute atomic E-state index is 5.96. The first kappa shape index (κ1) is 16.9. The second-order valence-corrected chi connectivity index (χ2v) is 5.79. The van der Waals surface area contributed by atoms with Gasteiger partial charge in [-0.1, -0.05) is 41.4 Å². The highest BCUT2D eigenvalue weighted by atomic mass is 35.5. The molecule has 0 aromatic heterocycles. The number of ether oxygens (including phenoxy) is 1. The number of nitrogens with one attached hydrogen (secondary N) is 2. The summed E-state index contributed by atoms with van der Waals surface area (Å²) in [6, 6.07) is 13.0. The lowest BCUT2D eigenvalue weighted by Crippen LogP contribution is -2.28. The van der Waals surface area contributed by atoms with Crippen LogP contribution in [0.15, 0.2) is 42.5 Å². The van der Waals surface area contributed by atoms with E-state index in [-0.39, 0.29) is 0 Å². The van der Waals surface area contributed by atoms with Crippen molar-refractivity contribution in [3.63, 3.8) is 0 Å². The Morgan fingerprint density at radius 3 is 2.50 bits per heavy atom. The molecule has 3 nitrogen and oxygen atoms in total. The van der Waals surface area contributed by atoms with Crippen molar-refractivity contribution >= 4 is 46.2 Å². The minimum atomic E-state index is 0.490. The summed E-state index contributed by atoms with van der Waals surface area (Å²) < 4.78 is 5.58. The van der Waals surface area contributed by atoms with Gasteiger partial charge in [0.1, 0.15) is 5.75 Å². The van der Waals surface area contributed by atoms with Crippen LogP contribution in [0.25, 0.3) is 0 Å². The molecule has 0 heterocycles. The molecule has 2 aromatic carbocycles. The molecule has 0 unspecified atom stereocenters. The van der Waals surface area contributed by atoms with Gasteiger partial charge >= 0.3 is 0 Å². The number of para-hydroxylation sites is 1. The van der Waals surface area contributed by atoms with E-state index in [0.29, 0.717) is 28.3 Å². The van der Waals surface area contributed by atoms with Crippen LogP contribution in [0, 0.1) is 0 Å². The fourth-order valence-electron chi connectivity index (χ4n) is 1.92. The van der Waals surface area contributed by atoms with Gasteiger partial charge in [0.25, 0.3) is 0 Å². The third-order valence-corrected chi connectivity index (χ3v) is 3.52. The molecule has 0 aliphatic carbocycles. The predicted molar refractivity (Wildman–Crippen MR) is 97.1 cm³/mol. The number of hydrogen-bond donors (Lipinski definition) is 2. The molecular weight excluding hydrogens is 339 g/mol. The molecule has 0 saturated carbocycles. The van der Waals surface area contributed by atoms with Gasteiger partial charge in [-0.2, -0.15) is 0 Å². The largest absolute Gasteiger partial charge is 0.494 e. The summed E-state index contributed by atoms with van der Waals surface area (Å²) in [6.45, 7) is 3.15. The zero-order valence-corrected chi connectivity index (χ0v) is 14.4. The van der Waals surface area contributed by atoms with E-state index in [0.717, 1.165) is 17.0 Å². The van der Waals surface area contributed by atoms with Crippen molar-refractivity contribution in [3.05, 3.63) is 58.1 Å². The maximum atomic E-state index is 5.96. The van der Waals surface area contributed by atoms with E-state index in [9.17, 15) is 0 Å². The summed E-state index contributed by atoms with van der Waals surface area (Å²) in [6.07, 6.45) is 0. The molecule has 22 heavy (non-hydrogen) atoms. The number of thiocarbonyl (C=S) groups is 1. The van der Waals surface area contributed by atoms with Crippen LogP contribution >= 0.6 is 35.4 Å². The van der Waals surface area contributed by atoms with E-state index in [2.05, 4.69) is 10.6 Å². The lowest BCUT2D eigenvalue weighted by atomic mass is 10.2. The molecule has 0 atom stereocenters. The van der Waals surface area contributed by atoms with Crippen LogP contribution in [0.2, 0.25) is 10.0 Å². The molecule has 0 radical (unpaired) electrons. The Balaban J connectivity index is 1.95. The van der Waals surface area contributed by atoms with Crippen LogP contribution in [-0.4, -0.2) is 11.7 Å². The second kappa shape index (κ2) is 8.22. The van der Waals surface area contributed by atoms with Gasteiger partial charge in [0.15, 0.2) is 5.11 Å². The van der Waals surface area contributed by atoms with Crippen LogP contribution in [0.3, 0.4) is 0 Å². The monoisotopic (exact) mass is 354 g/mol. The third-order valence-electron chi connectivity index (χ3n) is 2.83. The molecule has 2 rings (SSSR count). The van der Waals surface area contributed by atoms with Gasteiger partial charge in [0.05, 0.1) is 6.61 Å². The van der Waals surface area contributed by atoms with Gasteiger partial charge in [-0.3, -0.25) is 0 Å². The van der Waals surface area contributed by atoms with Crippen molar-refractivity contribution in [3.8, 4) is 5.75 Å². The first-order valence-corrected chi connectivity index (χ1v) is 7.96. The molecule has 0 fully saturated rings. The molecule has 116 valence electrons. The third kappa shape index (κ3) is 5.05. The highest BCUT2D eigenvalue weighted by molar-refractivity contribution is 7.80. The normalized spacial score (nSPS) is 10.1. The lowest BCUT2D eigenvalue weighted by molar-refractivity contribution is 0.336. The van der Waals surface area contributed by atoms with Gasteiger partial charge < -0.3 is 15.4 Å². The standard InChI is InChI=1S/C16H16Cl2N2OS/c1-2-21-15-6-4-3-5-11(15)10-19-16(22)20-14-8-12(17)7-13(18)9-14/h3-9H,2,10H2,1H3,(H2,19,20,22). The molecule has 2 aromatic rings. The first-order chi connectivity index (χ1) is 10.6. The molecule has 0 aliphatic heterocycles. The minimum Gasteiger partial charge on any atom is -0.494 e. The maximum Gasteiger partial charge on any atom is 0.171 e. The molecule has 0 saturated heterocycles. The zero-order chi connectivity index (χ0) is 15.9. The van der Waals surface area contributed by atoms with E-state index < -0.39 is 0 Å². The number of hydrogen-bond acceptors (Lipinski definition) is 2. The molecule has 2 N–H and O–H groups in total. The van der Waals surface area contributed by atoms with Crippen LogP contribution in [0.1, 0.15) is 12.5 Å². The Labute approximate surface area is 145 Å². The van der Waals surface area contributed by atoms with Crippen molar-refractivity contribution in [1.29, 1.82) is 0 Å². The Hall–Kier alpha value is -1.49. The average molecular weight is 355 g/mol. The van der Waals surface area contributed by atoms with E-state index in [4.69, 9.17) is 40.2 Å². The highest BCUT2D eigenvalue weighted by Crippen LogP contribution is 2.22. The minimum absolute atomic E-state index is 0.490. The van der Waals surface area contributed by atoms with E-state index in [1.54, 1.807) is 18.2 Å². The summed E-state index contributed by atoms with van der Waals surface area (Å²) in [5.41, 5.74) is 1.78. The summed E-state index contributed by atoms with van der Waals surface area (Å²) >= 11 is 17.2. The fourth-order valence-corrected chi connectivity index (χ4v) is 2.64. The zero-order valence-electron chi connectivity index (χ0n) is 12.0. The van der Waals surface area contributed by atoms with Crippen molar-refractivity contribution in [1.82, 2.24) is 5.32 Å². The average Bonchev–Trinajstić information content (AvgIpc) is 2.45. The summed E-state index contributed by atoms with van der Waals surface area (Å²) in [7, 11) is 0. The van der Waals surface area contributed by atoms with Crippen molar-refractivity contribution in [2.24, 2.45) is 0 Å². The SMILES string of the molecule is CCOc1ccccc1CNC(=S)Nc1cc(Cl)cc(Cl)c1. The number of anilines is 1. The smallest absolute Gasteiger partial charge is 0.171 e. The highest BCUT2D eigenvalue weighted by Gasteiger charge is 2.04. The van der Waals surface area contributed by atoms with Crippen molar-refractivity contribution in [2.75, 3.05) is 11.9 Å². The molecular formula is C16H16Cl2N2OS. The summed E-state index contributed by atoms with van der Waals surface area (Å²) in [5, 5.41) is 7.80. The lowest BCUT2D eigenvalue weighted by Gasteiger charge is -2.13. The quantitative estimate of drug-likeness (QED) is 0.749. The Kier molecular flexibility index (Phi) is 6.31. The second-order valence-electron chi connectivity index (χ2n) is 4.51.